The number of aldehydes is 1. The molecule has 1 N–H and O–H groups in total. The molecule has 2 aromatic carbocycles. The van der Waals surface area contributed by atoms with Crippen LogP contribution in [0.1, 0.15) is 22.0 Å². The minimum absolute atomic E-state index is 0.523. The maximum Gasteiger partial charge on any atom is 0.150 e. The van der Waals surface area contributed by atoms with Gasteiger partial charge in [0.1, 0.15) is 12.0 Å². The third-order valence-corrected chi connectivity index (χ3v) is 3.95. The number of thioether (sulfide) groups is 1. The zero-order chi connectivity index (χ0) is 14.4. The smallest absolute Gasteiger partial charge is 0.150 e. The van der Waals surface area contributed by atoms with Crippen molar-refractivity contribution in [1.82, 2.24) is 0 Å². The Bertz CT molecular complexity index is 583. The van der Waals surface area contributed by atoms with Crippen molar-refractivity contribution in [2.75, 3.05) is 12.9 Å². The molecule has 0 fully saturated rings. The maximum absolute atomic E-state index is 10.7. The number of carbonyl (C=O) groups is 1. The summed E-state index contributed by atoms with van der Waals surface area (Å²) in [6.07, 6.45) is 0.248. The fourth-order valence-electron chi connectivity index (χ4n) is 1.80. The zero-order valence-electron chi connectivity index (χ0n) is 11.2. The molecule has 0 spiro atoms. The molecular formula is C16H16O3S. The molecule has 20 heavy (non-hydrogen) atoms. The highest BCUT2D eigenvalue weighted by molar-refractivity contribution is 7.99. The summed E-state index contributed by atoms with van der Waals surface area (Å²) in [5.74, 6) is 1.25. The number of carbonyl (C=O) groups excluding carboxylic acids is 1. The van der Waals surface area contributed by atoms with E-state index >= 15 is 0 Å². The van der Waals surface area contributed by atoms with E-state index in [0.717, 1.165) is 22.5 Å². The summed E-state index contributed by atoms with van der Waals surface area (Å²) in [6.45, 7) is 0. The van der Waals surface area contributed by atoms with Gasteiger partial charge in [0.2, 0.25) is 0 Å². The SMILES string of the molecule is COc1cccc(C(O)CSc2cccc(C=O)c2)c1. The van der Waals surface area contributed by atoms with E-state index < -0.39 is 6.10 Å². The quantitative estimate of drug-likeness (QED) is 0.654. The van der Waals surface area contributed by atoms with E-state index in [-0.39, 0.29) is 0 Å². The van der Waals surface area contributed by atoms with Gasteiger partial charge in [-0.25, -0.2) is 0 Å². The summed E-state index contributed by atoms with van der Waals surface area (Å²) in [4.78, 5) is 11.7. The van der Waals surface area contributed by atoms with Crippen LogP contribution in [0.15, 0.2) is 53.4 Å². The molecule has 0 aliphatic heterocycles. The lowest BCUT2D eigenvalue weighted by Gasteiger charge is -2.12. The maximum atomic E-state index is 10.7. The zero-order valence-corrected chi connectivity index (χ0v) is 12.0. The van der Waals surface area contributed by atoms with Gasteiger partial charge in [-0.05, 0) is 29.8 Å². The van der Waals surface area contributed by atoms with Crippen molar-refractivity contribution in [3.63, 3.8) is 0 Å². The van der Waals surface area contributed by atoms with Crippen molar-refractivity contribution in [2.24, 2.45) is 0 Å². The Morgan fingerprint density at radius 2 is 2.05 bits per heavy atom. The van der Waals surface area contributed by atoms with Crippen LogP contribution in [0.3, 0.4) is 0 Å². The van der Waals surface area contributed by atoms with Gasteiger partial charge in [-0.1, -0.05) is 24.3 Å². The molecule has 3 nitrogen and oxygen atoms in total. The number of benzene rings is 2. The second-order valence-electron chi connectivity index (χ2n) is 4.29. The van der Waals surface area contributed by atoms with E-state index in [1.165, 1.54) is 11.8 Å². The molecule has 0 bridgehead atoms. The van der Waals surface area contributed by atoms with E-state index in [9.17, 15) is 9.90 Å². The standard InChI is InChI=1S/C16H16O3S/c1-19-14-6-3-5-13(9-14)16(18)11-20-15-7-2-4-12(8-15)10-17/h2-10,16,18H,11H2,1H3. The van der Waals surface area contributed by atoms with Crippen molar-refractivity contribution in [3.8, 4) is 5.75 Å². The third kappa shape index (κ3) is 3.85. The molecule has 0 heterocycles. The molecule has 2 rings (SSSR count). The van der Waals surface area contributed by atoms with Gasteiger partial charge in [-0.3, -0.25) is 4.79 Å². The van der Waals surface area contributed by atoms with Crippen molar-refractivity contribution in [3.05, 3.63) is 59.7 Å². The highest BCUT2D eigenvalue weighted by Gasteiger charge is 2.09. The Kier molecular flexibility index (Phi) is 5.21. The third-order valence-electron chi connectivity index (χ3n) is 2.88. The number of methoxy groups -OCH3 is 1. The summed E-state index contributed by atoms with van der Waals surface area (Å²) in [5, 5.41) is 10.2. The number of rotatable bonds is 6. The number of aliphatic hydroxyl groups excluding tert-OH is 1. The number of ether oxygens (including phenoxy) is 1. The lowest BCUT2D eigenvalue weighted by atomic mass is 10.1. The van der Waals surface area contributed by atoms with Crippen LogP contribution < -0.4 is 4.74 Å². The summed E-state index contributed by atoms with van der Waals surface area (Å²) < 4.78 is 5.14. The van der Waals surface area contributed by atoms with Gasteiger partial charge in [0, 0.05) is 16.2 Å². The molecule has 0 saturated carbocycles. The summed E-state index contributed by atoms with van der Waals surface area (Å²) in [5.41, 5.74) is 1.47. The van der Waals surface area contributed by atoms with E-state index in [2.05, 4.69) is 0 Å². The van der Waals surface area contributed by atoms with Gasteiger partial charge in [0.25, 0.3) is 0 Å². The normalized spacial score (nSPS) is 11.9. The Labute approximate surface area is 122 Å². The van der Waals surface area contributed by atoms with Gasteiger partial charge in [0.05, 0.1) is 13.2 Å². The molecule has 1 unspecified atom stereocenters. The first-order valence-electron chi connectivity index (χ1n) is 6.23. The van der Waals surface area contributed by atoms with Crippen LogP contribution in [-0.4, -0.2) is 24.3 Å². The van der Waals surface area contributed by atoms with Crippen LogP contribution >= 0.6 is 11.8 Å². The highest BCUT2D eigenvalue weighted by atomic mass is 32.2. The molecule has 0 aliphatic carbocycles. The Hall–Kier alpha value is -1.78. The Morgan fingerprint density at radius 1 is 1.25 bits per heavy atom. The average molecular weight is 288 g/mol. The van der Waals surface area contributed by atoms with E-state index in [0.29, 0.717) is 11.3 Å². The largest absolute Gasteiger partial charge is 0.497 e. The lowest BCUT2D eigenvalue weighted by molar-refractivity contribution is 0.112. The average Bonchev–Trinajstić information content (AvgIpc) is 2.52. The van der Waals surface area contributed by atoms with Crippen LogP contribution in [0.25, 0.3) is 0 Å². The second kappa shape index (κ2) is 7.12. The fourth-order valence-corrected chi connectivity index (χ4v) is 2.73. The number of hydrogen-bond donors (Lipinski definition) is 1. The summed E-state index contributed by atoms with van der Waals surface area (Å²) in [6, 6.07) is 14.7. The Morgan fingerprint density at radius 3 is 2.80 bits per heavy atom. The molecule has 2 aromatic rings. The number of hydrogen-bond acceptors (Lipinski definition) is 4. The first kappa shape index (κ1) is 14.6. The van der Waals surface area contributed by atoms with Crippen LogP contribution in [0.5, 0.6) is 5.75 Å². The molecular weight excluding hydrogens is 272 g/mol. The topological polar surface area (TPSA) is 46.5 Å². The first-order valence-corrected chi connectivity index (χ1v) is 7.21. The van der Waals surface area contributed by atoms with Crippen molar-refractivity contribution >= 4 is 18.0 Å². The molecule has 4 heteroatoms. The van der Waals surface area contributed by atoms with Crippen molar-refractivity contribution < 1.29 is 14.6 Å². The van der Waals surface area contributed by atoms with Crippen LogP contribution in [0, 0.1) is 0 Å². The van der Waals surface area contributed by atoms with Crippen LogP contribution in [-0.2, 0) is 0 Å². The van der Waals surface area contributed by atoms with Crippen LogP contribution in [0.2, 0.25) is 0 Å². The molecule has 104 valence electrons. The molecule has 0 saturated heterocycles. The first-order chi connectivity index (χ1) is 9.72. The summed E-state index contributed by atoms with van der Waals surface area (Å²) >= 11 is 1.52. The molecule has 0 radical (unpaired) electrons. The minimum atomic E-state index is -0.574. The molecule has 0 aromatic heterocycles. The van der Waals surface area contributed by atoms with Gasteiger partial charge in [0.15, 0.2) is 0 Å². The van der Waals surface area contributed by atoms with Crippen molar-refractivity contribution in [2.45, 2.75) is 11.0 Å². The predicted molar refractivity (Wildman–Crippen MR) is 80.5 cm³/mol. The predicted octanol–water partition coefficient (Wildman–Crippen LogP) is 3.33. The molecule has 1 atom stereocenters. The van der Waals surface area contributed by atoms with Crippen molar-refractivity contribution in [1.29, 1.82) is 0 Å². The second-order valence-corrected chi connectivity index (χ2v) is 5.39. The van der Waals surface area contributed by atoms with E-state index in [1.54, 1.807) is 13.2 Å². The van der Waals surface area contributed by atoms with Gasteiger partial charge in [-0.15, -0.1) is 11.8 Å². The van der Waals surface area contributed by atoms with Gasteiger partial charge in [-0.2, -0.15) is 0 Å². The van der Waals surface area contributed by atoms with Gasteiger partial charge < -0.3 is 9.84 Å². The van der Waals surface area contributed by atoms with E-state index in [1.807, 2.05) is 42.5 Å². The van der Waals surface area contributed by atoms with E-state index in [4.69, 9.17) is 4.74 Å². The number of aliphatic hydroxyl groups is 1. The minimum Gasteiger partial charge on any atom is -0.497 e. The molecule has 0 aliphatic rings. The monoisotopic (exact) mass is 288 g/mol. The fraction of sp³-hybridized carbons (Fsp3) is 0.188. The van der Waals surface area contributed by atoms with Crippen LogP contribution in [0.4, 0.5) is 0 Å². The summed E-state index contributed by atoms with van der Waals surface area (Å²) in [7, 11) is 1.60. The Balaban J connectivity index is 2.00. The highest BCUT2D eigenvalue weighted by Crippen LogP contribution is 2.26. The lowest BCUT2D eigenvalue weighted by Crippen LogP contribution is -2.00. The van der Waals surface area contributed by atoms with Gasteiger partial charge >= 0.3 is 0 Å². The molecule has 0 amide bonds.